The van der Waals surface area contributed by atoms with Crippen molar-refractivity contribution in [3.05, 3.63) is 71.1 Å². The van der Waals surface area contributed by atoms with Crippen molar-refractivity contribution < 1.29 is 4.74 Å². The van der Waals surface area contributed by atoms with Gasteiger partial charge in [0.1, 0.15) is 5.76 Å². The lowest BCUT2D eigenvalue weighted by atomic mass is 9.91. The third-order valence-corrected chi connectivity index (χ3v) is 4.22. The van der Waals surface area contributed by atoms with E-state index in [-0.39, 0.29) is 0 Å². The Balaban J connectivity index is 2.14. The number of rotatable bonds is 3. The lowest BCUT2D eigenvalue weighted by Crippen LogP contribution is -2.07. The molecule has 2 aromatic rings. The number of benzene rings is 1. The summed E-state index contributed by atoms with van der Waals surface area (Å²) in [6.07, 6.45) is 5.79. The Morgan fingerprint density at radius 2 is 1.88 bits per heavy atom. The average molecular weight is 319 g/mol. The Hall–Kier alpha value is -2.88. The molecule has 0 amide bonds. The van der Waals surface area contributed by atoms with Crippen LogP contribution in [-0.2, 0) is 11.8 Å². The van der Waals surface area contributed by atoms with Crippen LogP contribution in [-0.4, -0.2) is 22.6 Å². The highest BCUT2D eigenvalue weighted by Crippen LogP contribution is 2.32. The van der Waals surface area contributed by atoms with Crippen LogP contribution < -0.4 is 0 Å². The third kappa shape index (κ3) is 2.83. The fraction of sp³-hybridized carbons (Fsp3) is 0.200. The molecule has 0 aliphatic heterocycles. The topological polar surface area (TPSA) is 50.9 Å². The number of aryl methyl sites for hydroxylation is 1. The number of methoxy groups -OCH3 is 1. The molecular weight excluding hydrogens is 298 g/mol. The Labute approximate surface area is 142 Å². The molecule has 24 heavy (non-hydrogen) atoms. The van der Waals surface area contributed by atoms with Gasteiger partial charge in [-0.1, -0.05) is 30.3 Å². The van der Waals surface area contributed by atoms with Crippen molar-refractivity contribution in [2.45, 2.75) is 13.8 Å². The highest BCUT2D eigenvalue weighted by Gasteiger charge is 2.19. The molecule has 122 valence electrons. The minimum Gasteiger partial charge on any atom is -0.496 e. The summed E-state index contributed by atoms with van der Waals surface area (Å²) >= 11 is 0. The van der Waals surface area contributed by atoms with Gasteiger partial charge in [-0.15, -0.1) is 0 Å². The molecule has 0 fully saturated rings. The summed E-state index contributed by atoms with van der Waals surface area (Å²) in [5.74, 6) is 0.742. The molecule has 3 rings (SSSR count). The van der Waals surface area contributed by atoms with E-state index in [0.717, 1.165) is 39.3 Å². The van der Waals surface area contributed by atoms with Crippen LogP contribution in [0.1, 0.15) is 19.4 Å². The van der Waals surface area contributed by atoms with Gasteiger partial charge < -0.3 is 10.1 Å². The summed E-state index contributed by atoms with van der Waals surface area (Å²) in [7, 11) is 3.55. The second-order valence-electron chi connectivity index (χ2n) is 5.92. The molecule has 0 atom stereocenters. The maximum atomic E-state index is 8.35. The second-order valence-corrected chi connectivity index (χ2v) is 5.92. The van der Waals surface area contributed by atoms with E-state index in [1.165, 1.54) is 0 Å². The molecule has 1 aliphatic rings. The highest BCUT2D eigenvalue weighted by atomic mass is 16.5. The van der Waals surface area contributed by atoms with E-state index in [1.54, 1.807) is 13.2 Å². The monoisotopic (exact) mass is 319 g/mol. The van der Waals surface area contributed by atoms with Gasteiger partial charge in [-0.3, -0.25) is 4.68 Å². The number of allylic oxidation sites excluding steroid dienone is 5. The molecule has 0 bridgehead atoms. The van der Waals surface area contributed by atoms with Crippen LogP contribution in [0.15, 0.2) is 65.6 Å². The summed E-state index contributed by atoms with van der Waals surface area (Å²) in [6, 6.07) is 10.1. The summed E-state index contributed by atoms with van der Waals surface area (Å²) in [5, 5.41) is 13.0. The first-order valence-electron chi connectivity index (χ1n) is 7.85. The van der Waals surface area contributed by atoms with Gasteiger partial charge in [0.2, 0.25) is 0 Å². The molecule has 1 aromatic carbocycles. The fourth-order valence-electron chi connectivity index (χ4n) is 2.94. The molecule has 4 nitrogen and oxygen atoms in total. The lowest BCUT2D eigenvalue weighted by molar-refractivity contribution is 0.301. The summed E-state index contributed by atoms with van der Waals surface area (Å²) in [6.45, 7) is 4.04. The van der Waals surface area contributed by atoms with E-state index in [0.29, 0.717) is 5.71 Å². The van der Waals surface area contributed by atoms with Gasteiger partial charge in [0, 0.05) is 36.0 Å². The SMILES string of the molecule is COC1=CC(=N)/C(=C(\C)c2cn(C)nc2-c2ccccc2)C=C1C. The number of aromatic nitrogens is 2. The number of nitrogens with zero attached hydrogens (tertiary/aromatic N) is 2. The summed E-state index contributed by atoms with van der Waals surface area (Å²) < 4.78 is 7.14. The molecule has 0 spiro atoms. The van der Waals surface area contributed by atoms with Crippen molar-refractivity contribution in [3.63, 3.8) is 0 Å². The molecule has 1 N–H and O–H groups in total. The Kier molecular flexibility index (Phi) is 4.21. The van der Waals surface area contributed by atoms with E-state index in [4.69, 9.17) is 10.1 Å². The fourth-order valence-corrected chi connectivity index (χ4v) is 2.94. The zero-order valence-electron chi connectivity index (χ0n) is 14.4. The largest absolute Gasteiger partial charge is 0.496 e. The van der Waals surface area contributed by atoms with Crippen LogP contribution in [0.5, 0.6) is 0 Å². The van der Waals surface area contributed by atoms with Gasteiger partial charge in [-0.25, -0.2) is 0 Å². The number of hydrogen-bond acceptors (Lipinski definition) is 3. The van der Waals surface area contributed by atoms with Crippen LogP contribution in [0.25, 0.3) is 16.8 Å². The van der Waals surface area contributed by atoms with Crippen molar-refractivity contribution >= 4 is 11.3 Å². The van der Waals surface area contributed by atoms with Gasteiger partial charge >= 0.3 is 0 Å². The van der Waals surface area contributed by atoms with Crippen LogP contribution in [0, 0.1) is 5.41 Å². The zero-order valence-corrected chi connectivity index (χ0v) is 14.4. The summed E-state index contributed by atoms with van der Waals surface area (Å²) in [5.41, 5.74) is 6.47. The van der Waals surface area contributed by atoms with Crippen molar-refractivity contribution in [3.8, 4) is 11.3 Å². The van der Waals surface area contributed by atoms with Gasteiger partial charge in [-0.2, -0.15) is 5.10 Å². The minimum absolute atomic E-state index is 0.456. The van der Waals surface area contributed by atoms with E-state index in [1.807, 2.05) is 56.0 Å². The Bertz CT molecular complexity index is 883. The minimum atomic E-state index is 0.456. The number of nitrogens with one attached hydrogen (secondary N) is 1. The van der Waals surface area contributed by atoms with Crippen LogP contribution >= 0.6 is 0 Å². The maximum Gasteiger partial charge on any atom is 0.123 e. The van der Waals surface area contributed by atoms with E-state index in [9.17, 15) is 0 Å². The first kappa shape index (κ1) is 16.0. The first-order chi connectivity index (χ1) is 11.5. The van der Waals surface area contributed by atoms with Crippen LogP contribution in [0.2, 0.25) is 0 Å². The lowest BCUT2D eigenvalue weighted by Gasteiger charge is -2.17. The number of hydrogen-bond donors (Lipinski definition) is 1. The average Bonchev–Trinajstić information content (AvgIpc) is 2.98. The standard InChI is InChI=1S/C20H21N3O/c1-13-10-16(18(21)11-19(13)24-4)14(2)17-12-23(3)22-20(17)15-8-6-5-7-9-15/h5-12,21H,1-4H3/b16-14+,21-18?. The molecular formula is C20H21N3O. The zero-order chi connectivity index (χ0) is 17.3. The predicted molar refractivity (Wildman–Crippen MR) is 97.8 cm³/mol. The van der Waals surface area contributed by atoms with Gasteiger partial charge in [0.15, 0.2) is 0 Å². The Morgan fingerprint density at radius 1 is 1.17 bits per heavy atom. The maximum absolute atomic E-state index is 8.35. The van der Waals surface area contributed by atoms with Crippen LogP contribution in [0.4, 0.5) is 0 Å². The molecule has 1 heterocycles. The molecule has 0 unspecified atom stereocenters. The summed E-state index contributed by atoms with van der Waals surface area (Å²) in [4.78, 5) is 0. The second kappa shape index (κ2) is 6.32. The molecule has 0 saturated carbocycles. The number of ether oxygens (including phenoxy) is 1. The van der Waals surface area contributed by atoms with Gasteiger partial charge in [0.05, 0.1) is 18.5 Å². The van der Waals surface area contributed by atoms with Gasteiger partial charge in [0.25, 0.3) is 0 Å². The third-order valence-electron chi connectivity index (χ3n) is 4.22. The van der Waals surface area contributed by atoms with Crippen molar-refractivity contribution in [1.82, 2.24) is 9.78 Å². The van der Waals surface area contributed by atoms with E-state index >= 15 is 0 Å². The molecule has 0 saturated heterocycles. The van der Waals surface area contributed by atoms with Gasteiger partial charge in [-0.05, 0) is 31.1 Å². The first-order valence-corrected chi connectivity index (χ1v) is 7.85. The van der Waals surface area contributed by atoms with Crippen molar-refractivity contribution in [2.24, 2.45) is 7.05 Å². The molecule has 1 aliphatic carbocycles. The normalized spacial score (nSPS) is 16.6. The smallest absolute Gasteiger partial charge is 0.123 e. The Morgan fingerprint density at radius 3 is 2.54 bits per heavy atom. The quantitative estimate of drug-likeness (QED) is 0.913. The van der Waals surface area contributed by atoms with Crippen molar-refractivity contribution in [2.75, 3.05) is 7.11 Å². The van der Waals surface area contributed by atoms with Crippen molar-refractivity contribution in [1.29, 1.82) is 5.41 Å². The predicted octanol–water partition coefficient (Wildman–Crippen LogP) is 4.37. The van der Waals surface area contributed by atoms with Crippen LogP contribution in [0.3, 0.4) is 0 Å². The van der Waals surface area contributed by atoms with E-state index in [2.05, 4.69) is 17.2 Å². The van der Waals surface area contributed by atoms with E-state index < -0.39 is 0 Å². The molecule has 0 radical (unpaired) electrons. The molecule has 4 heteroatoms. The molecule has 1 aromatic heterocycles. The highest BCUT2D eigenvalue weighted by molar-refractivity contribution is 6.15.